The molecule has 0 saturated carbocycles. The maximum Gasteiger partial charge on any atom is 0.247 e. The largest absolute Gasteiger partial charge is 0.495 e. The Morgan fingerprint density at radius 1 is 1.07 bits per heavy atom. The van der Waals surface area contributed by atoms with Crippen molar-refractivity contribution in [3.63, 3.8) is 0 Å². The number of rotatable bonds is 5. The van der Waals surface area contributed by atoms with Crippen molar-refractivity contribution in [3.8, 4) is 11.5 Å². The molecule has 4 rings (SSSR count). The molecule has 1 aromatic heterocycles. The molecule has 0 saturated heterocycles. The first kappa shape index (κ1) is 18.3. The number of fused-ring (bicyclic) bond motifs is 1. The zero-order valence-corrected chi connectivity index (χ0v) is 16.4. The van der Waals surface area contributed by atoms with Gasteiger partial charge < -0.3 is 19.7 Å². The Bertz CT molecular complexity index is 998. The predicted molar refractivity (Wildman–Crippen MR) is 109 cm³/mol. The lowest BCUT2D eigenvalue weighted by atomic mass is 10.0. The minimum absolute atomic E-state index is 0.471. The molecular weight excluding hydrogens is 378 g/mol. The normalized spacial score (nSPS) is 13.0. The monoisotopic (exact) mass is 397 g/mol. The molecule has 0 unspecified atom stereocenters. The Morgan fingerprint density at radius 2 is 1.86 bits per heavy atom. The van der Waals surface area contributed by atoms with E-state index < -0.39 is 0 Å². The van der Waals surface area contributed by atoms with Gasteiger partial charge in [-0.15, -0.1) is 5.10 Å². The molecule has 0 atom stereocenters. The number of methoxy groups -OCH3 is 2. The second-order valence-electron chi connectivity index (χ2n) is 6.39. The molecule has 1 aliphatic rings. The smallest absolute Gasteiger partial charge is 0.247 e. The van der Waals surface area contributed by atoms with Crippen LogP contribution in [0.5, 0.6) is 11.5 Å². The standard InChI is InChI=1S/C20H20ClN5O2/c1-27-17-10-16(18(28-2)9-15(17)21)23-19-11-22-25-20(24-19)26-8-7-13-5-3-4-6-14(13)12-26/h3-6,9-11H,7-8,12H2,1-2H3,(H,23,24,25). The van der Waals surface area contributed by atoms with Crippen LogP contribution in [0.25, 0.3) is 0 Å². The summed E-state index contributed by atoms with van der Waals surface area (Å²) in [6, 6.07) is 11.9. The Hall–Kier alpha value is -3.06. The summed E-state index contributed by atoms with van der Waals surface area (Å²) in [6.45, 7) is 1.61. The molecule has 7 nitrogen and oxygen atoms in total. The van der Waals surface area contributed by atoms with Crippen molar-refractivity contribution in [2.45, 2.75) is 13.0 Å². The Kier molecular flexibility index (Phi) is 5.16. The molecule has 144 valence electrons. The van der Waals surface area contributed by atoms with Crippen molar-refractivity contribution in [1.29, 1.82) is 0 Å². The van der Waals surface area contributed by atoms with Gasteiger partial charge in [0.25, 0.3) is 0 Å². The average Bonchev–Trinajstić information content (AvgIpc) is 2.74. The molecule has 1 N–H and O–H groups in total. The second-order valence-corrected chi connectivity index (χ2v) is 6.80. The summed E-state index contributed by atoms with van der Waals surface area (Å²) in [6.07, 6.45) is 2.53. The average molecular weight is 398 g/mol. The molecule has 0 spiro atoms. The van der Waals surface area contributed by atoms with E-state index in [9.17, 15) is 0 Å². The van der Waals surface area contributed by atoms with Crippen LogP contribution in [-0.2, 0) is 13.0 Å². The Morgan fingerprint density at radius 3 is 2.64 bits per heavy atom. The fourth-order valence-corrected chi connectivity index (χ4v) is 3.48. The molecule has 0 radical (unpaired) electrons. The zero-order valence-electron chi connectivity index (χ0n) is 15.6. The van der Waals surface area contributed by atoms with E-state index in [4.69, 9.17) is 21.1 Å². The van der Waals surface area contributed by atoms with Gasteiger partial charge in [0.2, 0.25) is 5.95 Å². The third-order valence-corrected chi connectivity index (χ3v) is 4.99. The molecular formula is C20H20ClN5O2. The lowest BCUT2D eigenvalue weighted by Gasteiger charge is -2.28. The minimum Gasteiger partial charge on any atom is -0.495 e. The molecule has 0 aliphatic carbocycles. The van der Waals surface area contributed by atoms with Gasteiger partial charge in [-0.1, -0.05) is 35.9 Å². The van der Waals surface area contributed by atoms with Gasteiger partial charge in [-0.2, -0.15) is 10.1 Å². The summed E-state index contributed by atoms with van der Waals surface area (Å²) in [5.74, 6) is 2.27. The first-order chi connectivity index (χ1) is 13.7. The number of hydrogen-bond donors (Lipinski definition) is 1. The van der Waals surface area contributed by atoms with Gasteiger partial charge >= 0.3 is 0 Å². The van der Waals surface area contributed by atoms with Crippen LogP contribution in [-0.4, -0.2) is 35.9 Å². The predicted octanol–water partition coefficient (Wildman–Crippen LogP) is 3.85. The van der Waals surface area contributed by atoms with Gasteiger partial charge in [0.1, 0.15) is 11.5 Å². The lowest BCUT2D eigenvalue weighted by molar-refractivity contribution is 0.405. The number of nitrogens with one attached hydrogen (secondary N) is 1. The van der Waals surface area contributed by atoms with Gasteiger partial charge in [-0.25, -0.2) is 0 Å². The van der Waals surface area contributed by atoms with Crippen LogP contribution in [0.4, 0.5) is 17.5 Å². The number of anilines is 3. The van der Waals surface area contributed by atoms with E-state index in [1.54, 1.807) is 32.5 Å². The van der Waals surface area contributed by atoms with E-state index in [1.807, 2.05) is 0 Å². The molecule has 2 aromatic carbocycles. The fraction of sp³-hybridized carbons (Fsp3) is 0.250. The molecule has 2 heterocycles. The third kappa shape index (κ3) is 3.66. The summed E-state index contributed by atoms with van der Waals surface area (Å²) < 4.78 is 10.7. The highest BCUT2D eigenvalue weighted by Gasteiger charge is 2.19. The first-order valence-electron chi connectivity index (χ1n) is 8.88. The van der Waals surface area contributed by atoms with Crippen LogP contribution in [0, 0.1) is 0 Å². The Balaban J connectivity index is 1.59. The van der Waals surface area contributed by atoms with E-state index in [0.717, 1.165) is 19.5 Å². The van der Waals surface area contributed by atoms with E-state index in [2.05, 4.69) is 49.7 Å². The molecule has 1 aliphatic heterocycles. The van der Waals surface area contributed by atoms with Crippen molar-refractivity contribution in [1.82, 2.24) is 15.2 Å². The minimum atomic E-state index is 0.471. The van der Waals surface area contributed by atoms with Crippen molar-refractivity contribution < 1.29 is 9.47 Å². The van der Waals surface area contributed by atoms with Gasteiger partial charge in [0.15, 0.2) is 5.82 Å². The van der Waals surface area contributed by atoms with Gasteiger partial charge in [0, 0.05) is 25.2 Å². The number of hydrogen-bond acceptors (Lipinski definition) is 7. The topological polar surface area (TPSA) is 72.4 Å². The number of benzene rings is 2. The molecule has 0 amide bonds. The third-order valence-electron chi connectivity index (χ3n) is 4.70. The van der Waals surface area contributed by atoms with Crippen LogP contribution >= 0.6 is 11.6 Å². The van der Waals surface area contributed by atoms with Gasteiger partial charge in [0.05, 0.1) is 31.1 Å². The highest BCUT2D eigenvalue weighted by atomic mass is 35.5. The van der Waals surface area contributed by atoms with Crippen molar-refractivity contribution in [3.05, 3.63) is 58.7 Å². The second kappa shape index (κ2) is 7.90. The quantitative estimate of drug-likeness (QED) is 0.701. The van der Waals surface area contributed by atoms with Crippen molar-refractivity contribution in [2.75, 3.05) is 31.0 Å². The summed E-state index contributed by atoms with van der Waals surface area (Å²) in [5, 5.41) is 12.0. The molecule has 8 heteroatoms. The van der Waals surface area contributed by atoms with Crippen LogP contribution in [0.15, 0.2) is 42.6 Å². The SMILES string of the molecule is COc1cc(Nc2cnnc(N3CCc4ccccc4C3)n2)c(OC)cc1Cl. The highest BCUT2D eigenvalue weighted by molar-refractivity contribution is 6.32. The Labute approximate surface area is 168 Å². The van der Waals surface area contributed by atoms with E-state index in [0.29, 0.717) is 34.0 Å². The summed E-state index contributed by atoms with van der Waals surface area (Å²) in [7, 11) is 3.15. The number of nitrogens with zero attached hydrogens (tertiary/aromatic N) is 4. The molecule has 0 bridgehead atoms. The van der Waals surface area contributed by atoms with Crippen LogP contribution in [0.1, 0.15) is 11.1 Å². The maximum atomic E-state index is 6.17. The first-order valence-corrected chi connectivity index (χ1v) is 9.25. The summed E-state index contributed by atoms with van der Waals surface area (Å²) >= 11 is 6.17. The van der Waals surface area contributed by atoms with E-state index in [-0.39, 0.29) is 0 Å². The van der Waals surface area contributed by atoms with E-state index >= 15 is 0 Å². The van der Waals surface area contributed by atoms with Crippen LogP contribution in [0.3, 0.4) is 0 Å². The van der Waals surface area contributed by atoms with Crippen LogP contribution in [0.2, 0.25) is 5.02 Å². The summed E-state index contributed by atoms with van der Waals surface area (Å²) in [5.41, 5.74) is 3.35. The zero-order chi connectivity index (χ0) is 19.5. The molecule has 0 fully saturated rings. The fourth-order valence-electron chi connectivity index (χ4n) is 3.25. The number of ether oxygens (including phenoxy) is 2. The number of halogens is 1. The molecule has 3 aromatic rings. The van der Waals surface area contributed by atoms with Crippen molar-refractivity contribution in [2.24, 2.45) is 0 Å². The van der Waals surface area contributed by atoms with Gasteiger partial charge in [-0.3, -0.25) is 0 Å². The highest BCUT2D eigenvalue weighted by Crippen LogP contribution is 2.37. The van der Waals surface area contributed by atoms with E-state index in [1.165, 1.54) is 11.1 Å². The maximum absolute atomic E-state index is 6.17. The lowest BCUT2D eigenvalue weighted by Crippen LogP contribution is -2.32. The van der Waals surface area contributed by atoms with Crippen molar-refractivity contribution >= 4 is 29.1 Å². The summed E-state index contributed by atoms with van der Waals surface area (Å²) in [4.78, 5) is 6.75. The van der Waals surface area contributed by atoms with Gasteiger partial charge in [-0.05, 0) is 17.5 Å². The van der Waals surface area contributed by atoms with Crippen LogP contribution < -0.4 is 19.7 Å². The number of aromatic nitrogens is 3. The molecule has 28 heavy (non-hydrogen) atoms.